The third kappa shape index (κ3) is 4.70. The van der Waals surface area contributed by atoms with Crippen LogP contribution in [0.2, 0.25) is 0 Å². The van der Waals surface area contributed by atoms with Gasteiger partial charge < -0.3 is 10.1 Å². The van der Waals surface area contributed by atoms with Crippen molar-refractivity contribution in [2.75, 3.05) is 20.3 Å². The number of aromatic nitrogens is 2. The Balaban J connectivity index is 2.61. The second kappa shape index (κ2) is 8.16. The predicted octanol–water partition coefficient (Wildman–Crippen LogP) is 2.42. The van der Waals surface area contributed by atoms with Crippen LogP contribution in [-0.2, 0) is 11.2 Å². The topological polar surface area (TPSA) is 47.0 Å². The van der Waals surface area contributed by atoms with Gasteiger partial charge in [-0.15, -0.1) is 0 Å². The molecule has 0 fully saturated rings. The number of rotatable bonds is 8. The highest BCUT2D eigenvalue weighted by Gasteiger charge is 2.10. The van der Waals surface area contributed by atoms with Gasteiger partial charge in [-0.25, -0.2) is 9.97 Å². The van der Waals surface area contributed by atoms with E-state index in [-0.39, 0.29) is 0 Å². The Morgan fingerprint density at radius 3 is 2.83 bits per heavy atom. The number of ether oxygens (including phenoxy) is 1. The molecule has 4 nitrogen and oxygen atoms in total. The maximum atomic E-state index is 5.03. The summed E-state index contributed by atoms with van der Waals surface area (Å²) in [6, 6.07) is 0.318. The summed E-state index contributed by atoms with van der Waals surface area (Å²) in [7, 11) is 1.72. The standard InChI is InChI=1S/C14H25N3O/c1-5-8-15-11(2)13-10-16-14(17-12(13)3)7-6-9-18-4/h10-11,15H,5-9H2,1-4H3. The molecule has 0 aliphatic heterocycles. The molecule has 0 aliphatic carbocycles. The molecule has 0 aromatic carbocycles. The molecule has 0 saturated heterocycles. The van der Waals surface area contributed by atoms with Crippen LogP contribution in [0.25, 0.3) is 0 Å². The van der Waals surface area contributed by atoms with Crippen LogP contribution in [0.4, 0.5) is 0 Å². The predicted molar refractivity (Wildman–Crippen MR) is 73.7 cm³/mol. The van der Waals surface area contributed by atoms with Crippen molar-refractivity contribution in [3.05, 3.63) is 23.3 Å². The van der Waals surface area contributed by atoms with Crippen LogP contribution in [0.5, 0.6) is 0 Å². The summed E-state index contributed by atoms with van der Waals surface area (Å²) in [5, 5.41) is 3.46. The molecule has 1 aromatic rings. The van der Waals surface area contributed by atoms with Crippen molar-refractivity contribution in [1.82, 2.24) is 15.3 Å². The Hall–Kier alpha value is -1.00. The number of hydrogen-bond acceptors (Lipinski definition) is 4. The average molecular weight is 251 g/mol. The summed E-state index contributed by atoms with van der Waals surface area (Å²) >= 11 is 0. The first-order valence-corrected chi connectivity index (χ1v) is 6.73. The van der Waals surface area contributed by atoms with Crippen LogP contribution in [-0.4, -0.2) is 30.2 Å². The average Bonchev–Trinajstić information content (AvgIpc) is 2.36. The second-order valence-electron chi connectivity index (χ2n) is 4.60. The van der Waals surface area contributed by atoms with Crippen LogP contribution < -0.4 is 5.32 Å². The lowest BCUT2D eigenvalue weighted by Crippen LogP contribution is -2.21. The van der Waals surface area contributed by atoms with Gasteiger partial charge in [-0.05, 0) is 33.2 Å². The van der Waals surface area contributed by atoms with Gasteiger partial charge in [-0.2, -0.15) is 0 Å². The monoisotopic (exact) mass is 251 g/mol. The molecular weight excluding hydrogens is 226 g/mol. The van der Waals surface area contributed by atoms with Crippen LogP contribution in [0.3, 0.4) is 0 Å². The van der Waals surface area contributed by atoms with Crippen molar-refractivity contribution in [1.29, 1.82) is 0 Å². The Morgan fingerprint density at radius 2 is 2.22 bits per heavy atom. The van der Waals surface area contributed by atoms with E-state index in [9.17, 15) is 0 Å². The molecule has 0 saturated carbocycles. The number of aryl methyl sites for hydroxylation is 2. The molecule has 1 unspecified atom stereocenters. The minimum atomic E-state index is 0.318. The zero-order valence-electron chi connectivity index (χ0n) is 12.0. The van der Waals surface area contributed by atoms with Crippen molar-refractivity contribution in [3.63, 3.8) is 0 Å². The molecule has 0 amide bonds. The molecule has 0 spiro atoms. The Bertz CT molecular complexity index is 355. The fourth-order valence-corrected chi connectivity index (χ4v) is 1.92. The van der Waals surface area contributed by atoms with Gasteiger partial charge in [0.25, 0.3) is 0 Å². The molecular formula is C14H25N3O. The first-order valence-electron chi connectivity index (χ1n) is 6.73. The maximum Gasteiger partial charge on any atom is 0.128 e. The lowest BCUT2D eigenvalue weighted by molar-refractivity contribution is 0.194. The summed E-state index contributed by atoms with van der Waals surface area (Å²) in [6.45, 7) is 8.17. The quantitative estimate of drug-likeness (QED) is 0.721. The lowest BCUT2D eigenvalue weighted by Gasteiger charge is -2.15. The first-order chi connectivity index (χ1) is 8.69. The fraction of sp³-hybridized carbons (Fsp3) is 0.714. The van der Waals surface area contributed by atoms with Gasteiger partial charge in [-0.3, -0.25) is 0 Å². The lowest BCUT2D eigenvalue weighted by atomic mass is 10.1. The van der Waals surface area contributed by atoms with E-state index in [1.807, 2.05) is 6.20 Å². The Kier molecular flexibility index (Phi) is 6.83. The van der Waals surface area contributed by atoms with E-state index in [2.05, 4.69) is 36.1 Å². The van der Waals surface area contributed by atoms with Gasteiger partial charge in [0.2, 0.25) is 0 Å². The summed E-state index contributed by atoms with van der Waals surface area (Å²) in [4.78, 5) is 9.00. The normalized spacial score (nSPS) is 12.7. The van der Waals surface area contributed by atoms with E-state index in [4.69, 9.17) is 4.74 Å². The highest BCUT2D eigenvalue weighted by Crippen LogP contribution is 2.15. The van der Waals surface area contributed by atoms with E-state index in [1.165, 1.54) is 5.56 Å². The summed E-state index contributed by atoms with van der Waals surface area (Å²) < 4.78 is 5.03. The number of nitrogens with zero attached hydrogens (tertiary/aromatic N) is 2. The largest absolute Gasteiger partial charge is 0.385 e. The molecule has 1 rings (SSSR count). The van der Waals surface area contributed by atoms with Crippen molar-refractivity contribution < 1.29 is 4.74 Å². The molecule has 102 valence electrons. The van der Waals surface area contributed by atoms with Gasteiger partial charge in [0.1, 0.15) is 5.82 Å². The molecule has 0 aliphatic rings. The fourth-order valence-electron chi connectivity index (χ4n) is 1.92. The minimum Gasteiger partial charge on any atom is -0.385 e. The SMILES string of the molecule is CCCNC(C)c1cnc(CCCOC)nc1C. The van der Waals surface area contributed by atoms with E-state index in [1.54, 1.807) is 7.11 Å². The van der Waals surface area contributed by atoms with Crippen LogP contribution in [0.15, 0.2) is 6.20 Å². The highest BCUT2D eigenvalue weighted by atomic mass is 16.5. The Morgan fingerprint density at radius 1 is 1.44 bits per heavy atom. The van der Waals surface area contributed by atoms with E-state index >= 15 is 0 Å². The van der Waals surface area contributed by atoms with Gasteiger partial charge >= 0.3 is 0 Å². The van der Waals surface area contributed by atoms with Crippen LogP contribution in [0.1, 0.15) is 49.8 Å². The zero-order chi connectivity index (χ0) is 13.4. The van der Waals surface area contributed by atoms with Gasteiger partial charge in [0.05, 0.1) is 0 Å². The van der Waals surface area contributed by atoms with Crippen molar-refractivity contribution in [2.24, 2.45) is 0 Å². The smallest absolute Gasteiger partial charge is 0.128 e. The van der Waals surface area contributed by atoms with E-state index in [0.717, 1.165) is 43.9 Å². The molecule has 1 aromatic heterocycles. The second-order valence-corrected chi connectivity index (χ2v) is 4.60. The molecule has 1 heterocycles. The summed E-state index contributed by atoms with van der Waals surface area (Å²) in [5.74, 6) is 0.913. The zero-order valence-corrected chi connectivity index (χ0v) is 12.0. The van der Waals surface area contributed by atoms with Crippen LogP contribution >= 0.6 is 0 Å². The molecule has 4 heteroatoms. The minimum absolute atomic E-state index is 0.318. The van der Waals surface area contributed by atoms with Gasteiger partial charge in [-0.1, -0.05) is 6.92 Å². The van der Waals surface area contributed by atoms with E-state index < -0.39 is 0 Å². The third-order valence-corrected chi connectivity index (χ3v) is 2.98. The summed E-state index contributed by atoms with van der Waals surface area (Å²) in [6.07, 6.45) is 4.95. The molecule has 0 radical (unpaired) electrons. The summed E-state index contributed by atoms with van der Waals surface area (Å²) in [5.41, 5.74) is 2.27. The van der Waals surface area contributed by atoms with E-state index in [0.29, 0.717) is 6.04 Å². The highest BCUT2D eigenvalue weighted by molar-refractivity contribution is 5.19. The van der Waals surface area contributed by atoms with Crippen molar-refractivity contribution in [3.8, 4) is 0 Å². The molecule has 1 N–H and O–H groups in total. The molecule has 0 bridgehead atoms. The maximum absolute atomic E-state index is 5.03. The number of hydrogen-bond donors (Lipinski definition) is 1. The molecule has 1 atom stereocenters. The van der Waals surface area contributed by atoms with Crippen molar-refractivity contribution in [2.45, 2.75) is 46.1 Å². The third-order valence-electron chi connectivity index (χ3n) is 2.98. The number of methoxy groups -OCH3 is 1. The van der Waals surface area contributed by atoms with Crippen LogP contribution in [0, 0.1) is 6.92 Å². The van der Waals surface area contributed by atoms with Gasteiger partial charge in [0.15, 0.2) is 0 Å². The van der Waals surface area contributed by atoms with Crippen molar-refractivity contribution >= 4 is 0 Å². The number of nitrogens with one attached hydrogen (secondary N) is 1. The molecule has 18 heavy (non-hydrogen) atoms. The van der Waals surface area contributed by atoms with Gasteiger partial charge in [0, 0.05) is 43.6 Å². The first kappa shape index (κ1) is 15.1. The Labute approximate surface area is 110 Å².